The lowest BCUT2D eigenvalue weighted by Crippen LogP contribution is -2.14. The fourth-order valence-electron chi connectivity index (χ4n) is 3.24. The number of para-hydroxylation sites is 1. The summed E-state index contributed by atoms with van der Waals surface area (Å²) in [4.78, 5) is 20.0. The number of halogens is 3. The molecule has 154 valence electrons. The number of amides is 1. The van der Waals surface area contributed by atoms with Crippen molar-refractivity contribution in [3.63, 3.8) is 0 Å². The minimum atomic E-state index is -2.95. The second-order valence-electron chi connectivity index (χ2n) is 6.56. The molecule has 0 saturated carbocycles. The number of ether oxygens (including phenoxy) is 1. The van der Waals surface area contributed by atoms with E-state index < -0.39 is 6.61 Å². The predicted molar refractivity (Wildman–Crippen MR) is 110 cm³/mol. The van der Waals surface area contributed by atoms with E-state index >= 15 is 0 Å². The van der Waals surface area contributed by atoms with Gasteiger partial charge >= 0.3 is 6.61 Å². The van der Waals surface area contributed by atoms with E-state index in [1.807, 2.05) is 6.92 Å². The number of nitrogens with one attached hydrogen (secondary N) is 2. The zero-order valence-electron chi connectivity index (χ0n) is 15.7. The summed E-state index contributed by atoms with van der Waals surface area (Å²) < 4.78 is 43.4. The van der Waals surface area contributed by atoms with Crippen molar-refractivity contribution in [3.05, 3.63) is 64.9 Å². The number of aryl methyl sites for hydroxylation is 1. The maximum Gasteiger partial charge on any atom is 0.387 e. The molecule has 0 aliphatic rings. The first kappa shape index (κ1) is 20.0. The van der Waals surface area contributed by atoms with Crippen LogP contribution in [0.1, 0.15) is 11.3 Å². The molecule has 0 fully saturated rings. The van der Waals surface area contributed by atoms with Gasteiger partial charge in [0.15, 0.2) is 5.13 Å². The summed E-state index contributed by atoms with van der Waals surface area (Å²) >= 11 is 1.17. The number of carbonyl (C=O) groups is 1. The monoisotopic (exact) mass is 431 g/mol. The Kier molecular flexibility index (Phi) is 5.45. The van der Waals surface area contributed by atoms with Gasteiger partial charge in [0, 0.05) is 27.5 Å². The third-order valence-electron chi connectivity index (χ3n) is 4.55. The Hall–Kier alpha value is -3.33. The van der Waals surface area contributed by atoms with Crippen LogP contribution in [0.3, 0.4) is 0 Å². The van der Waals surface area contributed by atoms with Crippen LogP contribution in [0.15, 0.2) is 47.8 Å². The van der Waals surface area contributed by atoms with Crippen molar-refractivity contribution >= 4 is 33.3 Å². The highest BCUT2D eigenvalue weighted by molar-refractivity contribution is 7.14. The van der Waals surface area contributed by atoms with E-state index in [1.54, 1.807) is 29.6 Å². The third-order valence-corrected chi connectivity index (χ3v) is 5.31. The normalized spacial score (nSPS) is 11.2. The Morgan fingerprint density at radius 1 is 1.27 bits per heavy atom. The van der Waals surface area contributed by atoms with Crippen LogP contribution in [-0.4, -0.2) is 22.5 Å². The zero-order chi connectivity index (χ0) is 21.3. The topological polar surface area (TPSA) is 67.0 Å². The van der Waals surface area contributed by atoms with Crippen LogP contribution in [0.25, 0.3) is 22.2 Å². The number of aromatic nitrogens is 2. The largest absolute Gasteiger partial charge is 0.434 e. The minimum absolute atomic E-state index is 0.00659. The summed E-state index contributed by atoms with van der Waals surface area (Å²) in [5.74, 6) is -0.689. The Bertz CT molecular complexity index is 1220. The van der Waals surface area contributed by atoms with Gasteiger partial charge in [-0.25, -0.2) is 9.37 Å². The summed E-state index contributed by atoms with van der Waals surface area (Å²) in [6.45, 7) is -1.13. The highest BCUT2D eigenvalue weighted by Crippen LogP contribution is 2.33. The molecule has 30 heavy (non-hydrogen) atoms. The molecule has 0 unspecified atom stereocenters. The van der Waals surface area contributed by atoms with Gasteiger partial charge in [0.25, 0.3) is 0 Å². The molecule has 1 amide bonds. The lowest BCUT2D eigenvalue weighted by Gasteiger charge is -2.08. The molecule has 0 radical (unpaired) electrons. The number of alkyl halides is 2. The maximum atomic E-state index is 13.6. The zero-order valence-corrected chi connectivity index (χ0v) is 16.5. The SMILES string of the molecule is Cc1[nH]c2ccc(F)cc2c1CC(=O)Nc1nc(-c2ccccc2OC(F)F)cs1. The average molecular weight is 431 g/mol. The number of rotatable bonds is 6. The molecule has 2 aromatic carbocycles. The van der Waals surface area contributed by atoms with E-state index in [0.717, 1.165) is 11.2 Å². The van der Waals surface area contributed by atoms with Crippen LogP contribution in [0.2, 0.25) is 0 Å². The Morgan fingerprint density at radius 2 is 2.07 bits per heavy atom. The molecule has 4 aromatic rings. The molecule has 4 rings (SSSR count). The number of hydrogen-bond acceptors (Lipinski definition) is 4. The van der Waals surface area contributed by atoms with Crippen LogP contribution in [0.4, 0.5) is 18.3 Å². The first-order valence-corrected chi connectivity index (χ1v) is 9.85. The Labute approximate surface area is 173 Å². The highest BCUT2D eigenvalue weighted by Gasteiger charge is 2.16. The molecule has 0 atom stereocenters. The number of H-pyrrole nitrogens is 1. The number of anilines is 1. The summed E-state index contributed by atoms with van der Waals surface area (Å²) in [5, 5.41) is 5.34. The Morgan fingerprint density at radius 3 is 2.87 bits per heavy atom. The number of thiazole rings is 1. The van der Waals surface area contributed by atoms with Gasteiger partial charge in [0.05, 0.1) is 12.1 Å². The van der Waals surface area contributed by atoms with Crippen LogP contribution >= 0.6 is 11.3 Å². The van der Waals surface area contributed by atoms with Crippen molar-refractivity contribution in [2.75, 3.05) is 5.32 Å². The van der Waals surface area contributed by atoms with E-state index in [9.17, 15) is 18.0 Å². The molecule has 2 aromatic heterocycles. The lowest BCUT2D eigenvalue weighted by molar-refractivity contribution is -0.115. The van der Waals surface area contributed by atoms with Crippen LogP contribution in [-0.2, 0) is 11.2 Å². The highest BCUT2D eigenvalue weighted by atomic mass is 32.1. The van der Waals surface area contributed by atoms with Gasteiger partial charge in [-0.15, -0.1) is 11.3 Å². The summed E-state index contributed by atoms with van der Waals surface area (Å²) in [7, 11) is 0. The molecule has 0 saturated heterocycles. The number of benzene rings is 2. The maximum absolute atomic E-state index is 13.6. The van der Waals surface area contributed by atoms with E-state index in [4.69, 9.17) is 0 Å². The molecule has 0 aliphatic carbocycles. The number of fused-ring (bicyclic) bond motifs is 1. The molecule has 2 heterocycles. The van der Waals surface area contributed by atoms with Gasteiger partial charge < -0.3 is 15.0 Å². The molecule has 0 bridgehead atoms. The van der Waals surface area contributed by atoms with Crippen molar-refractivity contribution < 1.29 is 22.7 Å². The van der Waals surface area contributed by atoms with Gasteiger partial charge in [0.2, 0.25) is 5.91 Å². The van der Waals surface area contributed by atoms with Crippen LogP contribution in [0.5, 0.6) is 5.75 Å². The van der Waals surface area contributed by atoms with Gasteiger partial charge in [-0.2, -0.15) is 8.78 Å². The van der Waals surface area contributed by atoms with Crippen LogP contribution in [0, 0.1) is 12.7 Å². The third kappa shape index (κ3) is 4.16. The quantitative estimate of drug-likeness (QED) is 0.422. The second-order valence-corrected chi connectivity index (χ2v) is 7.41. The summed E-state index contributed by atoms with van der Waals surface area (Å²) in [6, 6.07) is 10.7. The number of hydrogen-bond donors (Lipinski definition) is 2. The van der Waals surface area contributed by atoms with E-state index in [1.165, 1.54) is 29.5 Å². The van der Waals surface area contributed by atoms with Crippen LogP contribution < -0.4 is 10.1 Å². The van der Waals surface area contributed by atoms with Gasteiger partial charge in [-0.05, 0) is 42.8 Å². The van der Waals surface area contributed by atoms with Crippen molar-refractivity contribution in [1.82, 2.24) is 9.97 Å². The average Bonchev–Trinajstić information content (AvgIpc) is 3.27. The lowest BCUT2D eigenvalue weighted by atomic mass is 10.1. The van der Waals surface area contributed by atoms with Crippen molar-refractivity contribution in [2.24, 2.45) is 0 Å². The number of carbonyl (C=O) groups excluding carboxylic acids is 1. The smallest absolute Gasteiger partial charge is 0.387 e. The number of aromatic amines is 1. The second kappa shape index (κ2) is 8.19. The molecule has 0 spiro atoms. The molecule has 0 aliphatic heterocycles. The summed E-state index contributed by atoms with van der Waals surface area (Å²) in [5.41, 5.74) is 3.05. The predicted octanol–water partition coefficient (Wildman–Crippen LogP) is 5.52. The molecular weight excluding hydrogens is 415 g/mol. The first-order valence-electron chi connectivity index (χ1n) is 8.97. The minimum Gasteiger partial charge on any atom is -0.434 e. The summed E-state index contributed by atoms with van der Waals surface area (Å²) in [6.07, 6.45) is 0.0370. The van der Waals surface area contributed by atoms with E-state index in [-0.39, 0.29) is 23.9 Å². The van der Waals surface area contributed by atoms with Gasteiger partial charge in [0.1, 0.15) is 11.6 Å². The first-order chi connectivity index (χ1) is 14.4. The molecule has 2 N–H and O–H groups in total. The standard InChI is InChI=1S/C21H16F3N3O2S/c1-11-14(15-8-12(22)6-7-16(15)25-11)9-19(28)27-21-26-17(10-30-21)13-4-2-3-5-18(13)29-20(23)24/h2-8,10,20,25H,9H2,1H3,(H,26,27,28). The number of nitrogens with zero attached hydrogens (tertiary/aromatic N) is 1. The van der Waals surface area contributed by atoms with Gasteiger partial charge in [-0.3, -0.25) is 4.79 Å². The van der Waals surface area contributed by atoms with Gasteiger partial charge in [-0.1, -0.05) is 12.1 Å². The Balaban J connectivity index is 1.52. The molecule has 9 heteroatoms. The fraction of sp³-hybridized carbons (Fsp3) is 0.143. The van der Waals surface area contributed by atoms with E-state index in [0.29, 0.717) is 27.3 Å². The molecular formula is C21H16F3N3O2S. The van der Waals surface area contributed by atoms with Crippen molar-refractivity contribution in [2.45, 2.75) is 20.0 Å². The van der Waals surface area contributed by atoms with Crippen molar-refractivity contribution in [3.8, 4) is 17.0 Å². The molecule has 5 nitrogen and oxygen atoms in total. The van der Waals surface area contributed by atoms with E-state index in [2.05, 4.69) is 20.0 Å². The van der Waals surface area contributed by atoms with Crippen molar-refractivity contribution in [1.29, 1.82) is 0 Å². The fourth-order valence-corrected chi connectivity index (χ4v) is 3.97.